The van der Waals surface area contributed by atoms with Gasteiger partial charge in [-0.25, -0.2) is 12.8 Å². The number of anilines is 1. The van der Waals surface area contributed by atoms with Gasteiger partial charge in [0.15, 0.2) is 0 Å². The van der Waals surface area contributed by atoms with E-state index in [1.165, 1.54) is 12.1 Å². The van der Waals surface area contributed by atoms with E-state index in [0.29, 0.717) is 11.3 Å². The Morgan fingerprint density at radius 3 is 2.60 bits per heavy atom. The van der Waals surface area contributed by atoms with Gasteiger partial charge in [0.25, 0.3) is 10.0 Å². The van der Waals surface area contributed by atoms with E-state index in [4.69, 9.17) is 5.11 Å². The molecule has 0 aromatic heterocycles. The summed E-state index contributed by atoms with van der Waals surface area (Å²) in [5.41, 5.74) is 0.913. The van der Waals surface area contributed by atoms with Gasteiger partial charge in [-0.2, -0.15) is 0 Å². The Labute approximate surface area is 124 Å². The molecule has 2 aromatic carbocycles. The third-order valence-corrected chi connectivity index (χ3v) is 4.90. The molecule has 0 aliphatic rings. The molecule has 0 saturated heterocycles. The molecule has 7 heteroatoms. The molecule has 106 valence electrons. The first-order valence-electron chi connectivity index (χ1n) is 5.60. The van der Waals surface area contributed by atoms with Gasteiger partial charge in [-0.1, -0.05) is 12.1 Å². The number of hydrogen-bond acceptors (Lipinski definition) is 3. The lowest BCUT2D eigenvalue weighted by Crippen LogP contribution is -2.13. The first-order chi connectivity index (χ1) is 9.42. The normalized spacial score (nSPS) is 11.3. The van der Waals surface area contributed by atoms with Gasteiger partial charge in [-0.15, -0.1) is 0 Å². The van der Waals surface area contributed by atoms with Crippen LogP contribution in [0.4, 0.5) is 10.1 Å². The maximum atomic E-state index is 13.0. The van der Waals surface area contributed by atoms with E-state index in [1.807, 2.05) is 0 Å². The van der Waals surface area contributed by atoms with Crippen molar-refractivity contribution in [1.29, 1.82) is 0 Å². The Morgan fingerprint density at radius 1 is 1.20 bits per heavy atom. The zero-order chi connectivity index (χ0) is 14.8. The number of rotatable bonds is 4. The summed E-state index contributed by atoms with van der Waals surface area (Å²) in [5, 5.41) is 9.03. The Kier molecular flexibility index (Phi) is 4.42. The van der Waals surface area contributed by atoms with Crippen molar-refractivity contribution in [3.05, 3.63) is 58.3 Å². The van der Waals surface area contributed by atoms with Crippen molar-refractivity contribution in [3.63, 3.8) is 0 Å². The summed E-state index contributed by atoms with van der Waals surface area (Å²) < 4.78 is 39.9. The van der Waals surface area contributed by atoms with Crippen molar-refractivity contribution >= 4 is 31.6 Å². The molecule has 0 bridgehead atoms. The lowest BCUT2D eigenvalue weighted by molar-refractivity contribution is 0.282. The van der Waals surface area contributed by atoms with Crippen LogP contribution in [0.25, 0.3) is 0 Å². The molecule has 2 rings (SSSR count). The van der Waals surface area contributed by atoms with Crippen molar-refractivity contribution in [2.45, 2.75) is 11.5 Å². The summed E-state index contributed by atoms with van der Waals surface area (Å²) in [5.74, 6) is -0.530. The zero-order valence-corrected chi connectivity index (χ0v) is 12.6. The summed E-state index contributed by atoms with van der Waals surface area (Å²) in [6.07, 6.45) is 0. The van der Waals surface area contributed by atoms with Gasteiger partial charge in [-0.05, 0) is 51.8 Å². The second kappa shape index (κ2) is 5.90. The van der Waals surface area contributed by atoms with Crippen LogP contribution in [0.2, 0.25) is 0 Å². The number of benzene rings is 2. The van der Waals surface area contributed by atoms with Crippen molar-refractivity contribution in [1.82, 2.24) is 0 Å². The molecular weight excluding hydrogens is 349 g/mol. The SMILES string of the molecule is O=S(=O)(Nc1cccc(CO)c1)c1ccc(F)cc1Br. The molecule has 2 aromatic rings. The van der Waals surface area contributed by atoms with E-state index >= 15 is 0 Å². The Balaban J connectivity index is 2.35. The van der Waals surface area contributed by atoms with Crippen LogP contribution in [0.3, 0.4) is 0 Å². The molecule has 0 spiro atoms. The Bertz CT molecular complexity index is 734. The minimum absolute atomic E-state index is 0.0618. The van der Waals surface area contributed by atoms with Gasteiger partial charge >= 0.3 is 0 Å². The van der Waals surface area contributed by atoms with E-state index in [-0.39, 0.29) is 16.0 Å². The van der Waals surface area contributed by atoms with Crippen LogP contribution < -0.4 is 4.72 Å². The smallest absolute Gasteiger partial charge is 0.263 e. The predicted octanol–water partition coefficient (Wildman–Crippen LogP) is 2.88. The second-order valence-corrected chi connectivity index (χ2v) is 6.54. The molecule has 0 radical (unpaired) electrons. The summed E-state index contributed by atoms with van der Waals surface area (Å²) in [4.78, 5) is -0.0618. The van der Waals surface area contributed by atoms with Gasteiger partial charge in [-0.3, -0.25) is 4.72 Å². The van der Waals surface area contributed by atoms with Crippen molar-refractivity contribution in [2.75, 3.05) is 4.72 Å². The zero-order valence-electron chi connectivity index (χ0n) is 10.2. The molecule has 0 aliphatic heterocycles. The third kappa shape index (κ3) is 3.36. The third-order valence-electron chi connectivity index (χ3n) is 2.55. The summed E-state index contributed by atoms with van der Waals surface area (Å²) >= 11 is 3.03. The first kappa shape index (κ1) is 15.0. The van der Waals surface area contributed by atoms with E-state index in [9.17, 15) is 12.8 Å². The van der Waals surface area contributed by atoms with E-state index in [0.717, 1.165) is 12.1 Å². The highest BCUT2D eigenvalue weighted by molar-refractivity contribution is 9.10. The molecule has 0 atom stereocenters. The van der Waals surface area contributed by atoms with Crippen LogP contribution in [-0.2, 0) is 16.6 Å². The average Bonchev–Trinajstić information content (AvgIpc) is 2.37. The van der Waals surface area contributed by atoms with Crippen LogP contribution in [0.1, 0.15) is 5.56 Å². The van der Waals surface area contributed by atoms with Crippen molar-refractivity contribution in [2.24, 2.45) is 0 Å². The highest BCUT2D eigenvalue weighted by Crippen LogP contribution is 2.25. The Hall–Kier alpha value is -1.44. The first-order valence-corrected chi connectivity index (χ1v) is 7.87. The summed E-state index contributed by atoms with van der Waals surface area (Å²) in [7, 11) is -3.83. The van der Waals surface area contributed by atoms with Crippen molar-refractivity contribution in [3.8, 4) is 0 Å². The van der Waals surface area contributed by atoms with Gasteiger partial charge < -0.3 is 5.11 Å². The standard InChI is InChI=1S/C13H11BrFNO3S/c14-12-7-10(15)4-5-13(12)20(18,19)16-11-3-1-2-9(6-11)8-17/h1-7,16-17H,8H2. The largest absolute Gasteiger partial charge is 0.392 e. The number of hydrogen-bond donors (Lipinski definition) is 2. The number of halogens is 2. The quantitative estimate of drug-likeness (QED) is 0.881. The fraction of sp³-hybridized carbons (Fsp3) is 0.0769. The van der Waals surface area contributed by atoms with Crippen molar-refractivity contribution < 1.29 is 17.9 Å². The lowest BCUT2D eigenvalue weighted by atomic mass is 10.2. The maximum absolute atomic E-state index is 13.0. The van der Waals surface area contributed by atoms with E-state index < -0.39 is 15.8 Å². The molecule has 0 heterocycles. The Morgan fingerprint density at radius 2 is 1.95 bits per heavy atom. The minimum Gasteiger partial charge on any atom is -0.392 e. The van der Waals surface area contributed by atoms with E-state index in [1.54, 1.807) is 18.2 Å². The summed E-state index contributed by atoms with van der Waals surface area (Å²) in [6, 6.07) is 9.72. The van der Waals surface area contributed by atoms with Crippen LogP contribution in [0, 0.1) is 5.82 Å². The maximum Gasteiger partial charge on any atom is 0.263 e. The fourth-order valence-electron chi connectivity index (χ4n) is 1.64. The lowest BCUT2D eigenvalue weighted by Gasteiger charge is -2.10. The summed E-state index contributed by atoms with van der Waals surface area (Å²) in [6.45, 7) is -0.185. The highest BCUT2D eigenvalue weighted by Gasteiger charge is 2.18. The number of aliphatic hydroxyl groups is 1. The molecule has 0 amide bonds. The van der Waals surface area contributed by atoms with Gasteiger partial charge in [0.05, 0.1) is 6.61 Å². The number of sulfonamides is 1. The molecule has 0 aliphatic carbocycles. The van der Waals surface area contributed by atoms with Gasteiger partial charge in [0, 0.05) is 10.2 Å². The number of nitrogens with one attached hydrogen (secondary N) is 1. The molecular formula is C13H11BrFNO3S. The monoisotopic (exact) mass is 359 g/mol. The predicted molar refractivity (Wildman–Crippen MR) is 77.3 cm³/mol. The van der Waals surface area contributed by atoms with Crippen LogP contribution in [0.5, 0.6) is 0 Å². The number of aliphatic hydroxyl groups excluding tert-OH is 1. The molecule has 20 heavy (non-hydrogen) atoms. The van der Waals surface area contributed by atoms with Gasteiger partial charge in [0.2, 0.25) is 0 Å². The molecule has 0 unspecified atom stereocenters. The van der Waals surface area contributed by atoms with Crippen LogP contribution in [0.15, 0.2) is 51.8 Å². The van der Waals surface area contributed by atoms with Crippen LogP contribution >= 0.6 is 15.9 Å². The van der Waals surface area contributed by atoms with Crippen LogP contribution in [-0.4, -0.2) is 13.5 Å². The highest BCUT2D eigenvalue weighted by atomic mass is 79.9. The molecule has 0 fully saturated rings. The molecule has 2 N–H and O–H groups in total. The fourth-order valence-corrected chi connectivity index (χ4v) is 3.74. The minimum atomic E-state index is -3.83. The van der Waals surface area contributed by atoms with E-state index in [2.05, 4.69) is 20.7 Å². The van der Waals surface area contributed by atoms with Gasteiger partial charge in [0.1, 0.15) is 10.7 Å². The molecule has 4 nitrogen and oxygen atoms in total. The molecule has 0 saturated carbocycles. The second-order valence-electron chi connectivity index (χ2n) is 4.04. The average molecular weight is 360 g/mol. The topological polar surface area (TPSA) is 66.4 Å².